The molecule has 0 unspecified atom stereocenters. The zero-order valence-electron chi connectivity index (χ0n) is 14.2. The van der Waals surface area contributed by atoms with Crippen molar-refractivity contribution in [2.24, 2.45) is 0 Å². The molecule has 134 valence electrons. The van der Waals surface area contributed by atoms with Crippen molar-refractivity contribution in [2.75, 3.05) is 17.0 Å². The highest BCUT2D eigenvalue weighted by molar-refractivity contribution is 6.12. The van der Waals surface area contributed by atoms with E-state index >= 15 is 0 Å². The van der Waals surface area contributed by atoms with Gasteiger partial charge in [0, 0.05) is 11.4 Å². The summed E-state index contributed by atoms with van der Waals surface area (Å²) in [6, 6.07) is 18.8. The highest BCUT2D eigenvalue weighted by atomic mass is 19.1. The molecule has 0 saturated carbocycles. The number of benzene rings is 3. The van der Waals surface area contributed by atoms with Gasteiger partial charge in [0.2, 0.25) is 6.79 Å². The summed E-state index contributed by atoms with van der Waals surface area (Å²) in [7, 11) is 0. The fraction of sp³-hybridized carbons (Fsp3) is 0.0952. The van der Waals surface area contributed by atoms with Crippen LogP contribution in [0.4, 0.5) is 15.8 Å². The Kier molecular flexibility index (Phi) is 3.50. The Balaban J connectivity index is 1.66. The van der Waals surface area contributed by atoms with Crippen LogP contribution in [0.5, 0.6) is 11.5 Å². The third-order valence-corrected chi connectivity index (χ3v) is 4.73. The fourth-order valence-corrected chi connectivity index (χ4v) is 3.46. The first kappa shape index (κ1) is 15.7. The van der Waals surface area contributed by atoms with Crippen molar-refractivity contribution >= 4 is 17.3 Å². The molecule has 27 heavy (non-hydrogen) atoms. The molecule has 3 aromatic carbocycles. The number of nitrogens with one attached hydrogen (secondary N) is 1. The van der Waals surface area contributed by atoms with E-state index in [0.29, 0.717) is 22.7 Å². The van der Waals surface area contributed by atoms with Gasteiger partial charge in [0.1, 0.15) is 12.0 Å². The molecular weight excluding hydrogens is 347 g/mol. The number of hydrogen-bond donors (Lipinski definition) is 1. The van der Waals surface area contributed by atoms with Crippen molar-refractivity contribution < 1.29 is 18.7 Å². The lowest BCUT2D eigenvalue weighted by Crippen LogP contribution is -2.43. The quantitative estimate of drug-likeness (QED) is 0.737. The molecule has 1 amide bonds. The Labute approximate surface area is 154 Å². The number of anilines is 2. The first-order chi connectivity index (χ1) is 13.2. The minimum absolute atomic E-state index is 0.173. The Morgan fingerprint density at radius 1 is 0.963 bits per heavy atom. The van der Waals surface area contributed by atoms with Gasteiger partial charge < -0.3 is 14.8 Å². The molecule has 0 bridgehead atoms. The number of carbonyl (C=O) groups is 1. The number of amides is 1. The van der Waals surface area contributed by atoms with Gasteiger partial charge in [-0.25, -0.2) is 4.39 Å². The zero-order valence-corrected chi connectivity index (χ0v) is 14.2. The van der Waals surface area contributed by atoms with Gasteiger partial charge in [-0.05, 0) is 48.0 Å². The molecule has 3 aromatic rings. The molecular formula is C21H15FN2O3. The van der Waals surface area contributed by atoms with Crippen molar-refractivity contribution in [3.63, 3.8) is 0 Å². The normalized spacial score (nSPS) is 17.4. The SMILES string of the molecule is O=C1c2ccccc2N[C@@H](c2ccc3c(c2)OCO3)N1c1cccc(F)c1. The number of halogens is 1. The third kappa shape index (κ3) is 2.57. The highest BCUT2D eigenvalue weighted by Crippen LogP contribution is 2.40. The lowest BCUT2D eigenvalue weighted by molar-refractivity contribution is 0.0975. The van der Waals surface area contributed by atoms with Crippen LogP contribution in [0.25, 0.3) is 0 Å². The standard InChI is InChI=1S/C21H15FN2O3/c22-14-4-3-5-15(11-14)24-20(13-8-9-18-19(10-13)27-12-26-18)23-17-7-2-1-6-16(17)21(24)25/h1-11,20,23H,12H2/t20-/m1/s1. The van der Waals surface area contributed by atoms with Gasteiger partial charge in [-0.1, -0.05) is 24.3 Å². The molecule has 2 aliphatic heterocycles. The first-order valence-corrected chi connectivity index (χ1v) is 8.55. The van der Waals surface area contributed by atoms with E-state index in [1.165, 1.54) is 12.1 Å². The number of ether oxygens (including phenoxy) is 2. The van der Waals surface area contributed by atoms with Crippen LogP contribution in [0.1, 0.15) is 22.1 Å². The largest absolute Gasteiger partial charge is 0.454 e. The molecule has 0 radical (unpaired) electrons. The van der Waals surface area contributed by atoms with E-state index in [1.807, 2.05) is 36.4 Å². The third-order valence-electron chi connectivity index (χ3n) is 4.73. The smallest absolute Gasteiger partial charge is 0.262 e. The van der Waals surface area contributed by atoms with Gasteiger partial charge in [0.15, 0.2) is 11.5 Å². The van der Waals surface area contributed by atoms with E-state index in [1.54, 1.807) is 23.1 Å². The lowest BCUT2D eigenvalue weighted by atomic mass is 10.0. The summed E-state index contributed by atoms with van der Waals surface area (Å²) >= 11 is 0. The van der Waals surface area contributed by atoms with Crippen LogP contribution in [-0.4, -0.2) is 12.7 Å². The summed E-state index contributed by atoms with van der Waals surface area (Å²) in [4.78, 5) is 14.8. The summed E-state index contributed by atoms with van der Waals surface area (Å²) in [5.74, 6) is 0.694. The van der Waals surface area contributed by atoms with E-state index in [0.717, 1.165) is 11.3 Å². The number of fused-ring (bicyclic) bond motifs is 2. The molecule has 0 aliphatic carbocycles. The number of hydrogen-bond acceptors (Lipinski definition) is 4. The lowest BCUT2D eigenvalue weighted by Gasteiger charge is -2.38. The van der Waals surface area contributed by atoms with Gasteiger partial charge in [-0.2, -0.15) is 0 Å². The number of rotatable bonds is 2. The van der Waals surface area contributed by atoms with Crippen LogP contribution in [0.3, 0.4) is 0 Å². The van der Waals surface area contributed by atoms with E-state index in [4.69, 9.17) is 9.47 Å². The van der Waals surface area contributed by atoms with Crippen molar-refractivity contribution in [3.05, 3.63) is 83.7 Å². The van der Waals surface area contributed by atoms with Gasteiger partial charge in [0.05, 0.1) is 5.56 Å². The van der Waals surface area contributed by atoms with Gasteiger partial charge in [-0.15, -0.1) is 0 Å². The Morgan fingerprint density at radius 2 is 1.81 bits per heavy atom. The zero-order chi connectivity index (χ0) is 18.4. The minimum Gasteiger partial charge on any atom is -0.454 e. The van der Waals surface area contributed by atoms with E-state index in [-0.39, 0.29) is 12.7 Å². The molecule has 0 saturated heterocycles. The van der Waals surface area contributed by atoms with Crippen LogP contribution in [0.15, 0.2) is 66.7 Å². The van der Waals surface area contributed by atoms with Crippen molar-refractivity contribution in [1.29, 1.82) is 0 Å². The number of nitrogens with zero attached hydrogens (tertiary/aromatic N) is 1. The minimum atomic E-state index is -0.510. The van der Waals surface area contributed by atoms with Crippen LogP contribution >= 0.6 is 0 Å². The van der Waals surface area contributed by atoms with E-state index in [9.17, 15) is 9.18 Å². The molecule has 6 heteroatoms. The topological polar surface area (TPSA) is 50.8 Å². The average molecular weight is 362 g/mol. The summed E-state index contributed by atoms with van der Waals surface area (Å²) in [5, 5.41) is 3.39. The molecule has 0 spiro atoms. The number of para-hydroxylation sites is 1. The molecule has 0 aromatic heterocycles. The molecule has 0 fully saturated rings. The second-order valence-electron chi connectivity index (χ2n) is 6.36. The summed E-state index contributed by atoms with van der Waals surface area (Å²) in [6.45, 7) is 0.173. The summed E-state index contributed by atoms with van der Waals surface area (Å²) in [6.07, 6.45) is -0.510. The monoisotopic (exact) mass is 362 g/mol. The molecule has 1 N–H and O–H groups in total. The predicted molar refractivity (Wildman–Crippen MR) is 98.6 cm³/mol. The second kappa shape index (κ2) is 6.02. The van der Waals surface area contributed by atoms with Crippen LogP contribution in [-0.2, 0) is 0 Å². The molecule has 5 rings (SSSR count). The predicted octanol–water partition coefficient (Wildman–Crippen LogP) is 4.33. The molecule has 2 aliphatic rings. The molecule has 5 nitrogen and oxygen atoms in total. The van der Waals surface area contributed by atoms with Crippen molar-refractivity contribution in [2.45, 2.75) is 6.17 Å². The van der Waals surface area contributed by atoms with Crippen molar-refractivity contribution in [1.82, 2.24) is 0 Å². The Morgan fingerprint density at radius 3 is 2.70 bits per heavy atom. The van der Waals surface area contributed by atoms with Crippen LogP contribution < -0.4 is 19.7 Å². The molecule has 2 heterocycles. The van der Waals surface area contributed by atoms with E-state index in [2.05, 4.69) is 5.32 Å². The van der Waals surface area contributed by atoms with Gasteiger partial charge in [-0.3, -0.25) is 9.69 Å². The molecule has 1 atom stereocenters. The first-order valence-electron chi connectivity index (χ1n) is 8.55. The second-order valence-corrected chi connectivity index (χ2v) is 6.36. The Bertz CT molecular complexity index is 1050. The van der Waals surface area contributed by atoms with E-state index < -0.39 is 12.0 Å². The maximum atomic E-state index is 13.9. The van der Waals surface area contributed by atoms with Crippen molar-refractivity contribution in [3.8, 4) is 11.5 Å². The summed E-state index contributed by atoms with van der Waals surface area (Å²) in [5.41, 5.74) is 2.56. The summed E-state index contributed by atoms with van der Waals surface area (Å²) < 4.78 is 24.7. The van der Waals surface area contributed by atoms with Gasteiger partial charge >= 0.3 is 0 Å². The van der Waals surface area contributed by atoms with Crippen LogP contribution in [0.2, 0.25) is 0 Å². The Hall–Kier alpha value is -3.54. The number of carbonyl (C=O) groups excluding carboxylic acids is 1. The highest BCUT2D eigenvalue weighted by Gasteiger charge is 2.34. The maximum absolute atomic E-state index is 13.9. The van der Waals surface area contributed by atoms with Gasteiger partial charge in [0.25, 0.3) is 5.91 Å². The fourth-order valence-electron chi connectivity index (χ4n) is 3.46. The van der Waals surface area contributed by atoms with Crippen LogP contribution in [0, 0.1) is 5.82 Å². The maximum Gasteiger partial charge on any atom is 0.262 e. The average Bonchev–Trinajstić information content (AvgIpc) is 3.15.